The third-order valence-corrected chi connectivity index (χ3v) is 6.13. The molecule has 2 saturated carbocycles. The van der Waals surface area contributed by atoms with Crippen molar-refractivity contribution in [2.45, 2.75) is 71.1 Å². The summed E-state index contributed by atoms with van der Waals surface area (Å²) in [5.41, 5.74) is 11.1. The lowest BCUT2D eigenvalue weighted by Crippen LogP contribution is -2.44. The van der Waals surface area contributed by atoms with E-state index in [0.717, 1.165) is 29.7 Å². The van der Waals surface area contributed by atoms with Crippen LogP contribution in [0, 0.1) is 18.8 Å². The summed E-state index contributed by atoms with van der Waals surface area (Å²) in [6.07, 6.45) is 9.44. The van der Waals surface area contributed by atoms with Crippen molar-refractivity contribution < 1.29 is 4.74 Å². The van der Waals surface area contributed by atoms with Gasteiger partial charge in [0.25, 0.3) is 0 Å². The summed E-state index contributed by atoms with van der Waals surface area (Å²) in [5.74, 6) is 2.60. The van der Waals surface area contributed by atoms with Crippen molar-refractivity contribution >= 4 is 11.3 Å². The first-order valence-corrected chi connectivity index (χ1v) is 9.93. The molecule has 0 spiro atoms. The van der Waals surface area contributed by atoms with Gasteiger partial charge in [0, 0.05) is 12.1 Å². The van der Waals surface area contributed by atoms with Crippen LogP contribution in [0.3, 0.4) is 0 Å². The number of nitrogens with two attached hydrogens (primary N) is 1. The van der Waals surface area contributed by atoms with Crippen molar-refractivity contribution in [2.75, 3.05) is 12.8 Å². The second-order valence-corrected chi connectivity index (χ2v) is 8.67. The van der Waals surface area contributed by atoms with E-state index in [9.17, 15) is 0 Å². The Labute approximate surface area is 152 Å². The van der Waals surface area contributed by atoms with E-state index in [1.807, 2.05) is 0 Å². The van der Waals surface area contributed by atoms with Crippen LogP contribution in [0.15, 0.2) is 18.2 Å². The third-order valence-electron chi connectivity index (χ3n) is 6.13. The second-order valence-electron chi connectivity index (χ2n) is 8.67. The fraction of sp³-hybridized carbons (Fsp3) is 0.636. The summed E-state index contributed by atoms with van der Waals surface area (Å²) in [5, 5.41) is 0. The fourth-order valence-corrected chi connectivity index (χ4v) is 4.48. The smallest absolute Gasteiger partial charge is 0.143 e. The minimum Gasteiger partial charge on any atom is -0.489 e. The summed E-state index contributed by atoms with van der Waals surface area (Å²) in [4.78, 5) is 2.68. The van der Waals surface area contributed by atoms with Crippen LogP contribution in [-0.2, 0) is 0 Å². The van der Waals surface area contributed by atoms with E-state index in [0.29, 0.717) is 12.1 Å². The van der Waals surface area contributed by atoms with Crippen LogP contribution in [0.25, 0.3) is 5.57 Å². The van der Waals surface area contributed by atoms with Gasteiger partial charge in [0.15, 0.2) is 0 Å². The molecule has 2 atom stereocenters. The number of hydrogen-bond acceptors (Lipinski definition) is 3. The Morgan fingerprint density at radius 2 is 1.80 bits per heavy atom. The number of ether oxygens (including phenoxy) is 1. The zero-order valence-corrected chi connectivity index (χ0v) is 16.1. The van der Waals surface area contributed by atoms with Gasteiger partial charge in [0.05, 0.1) is 11.8 Å². The lowest BCUT2D eigenvalue weighted by Gasteiger charge is -2.39. The first-order valence-electron chi connectivity index (χ1n) is 9.93. The third kappa shape index (κ3) is 3.44. The summed E-state index contributed by atoms with van der Waals surface area (Å²) < 4.78 is 5.96. The number of benzene rings is 1. The monoisotopic (exact) mass is 340 g/mol. The second kappa shape index (κ2) is 6.35. The van der Waals surface area contributed by atoms with Crippen LogP contribution in [0.5, 0.6) is 5.75 Å². The van der Waals surface area contributed by atoms with E-state index in [2.05, 4.69) is 50.9 Å². The Bertz CT molecular complexity index is 686. The molecule has 0 bridgehead atoms. The Hall–Kier alpha value is -1.48. The molecule has 2 N–H and O–H groups in total. The van der Waals surface area contributed by atoms with Gasteiger partial charge >= 0.3 is 0 Å². The molecule has 4 rings (SSSR count). The Kier molecular flexibility index (Phi) is 4.31. The van der Waals surface area contributed by atoms with Crippen molar-refractivity contribution in [3.63, 3.8) is 0 Å². The van der Waals surface area contributed by atoms with Gasteiger partial charge in [-0.15, -0.1) is 0 Å². The average molecular weight is 341 g/mol. The first kappa shape index (κ1) is 17.0. The molecule has 0 amide bonds. The highest BCUT2D eigenvalue weighted by molar-refractivity contribution is 5.74. The molecule has 0 aromatic heterocycles. The number of rotatable bonds is 5. The largest absolute Gasteiger partial charge is 0.489 e. The maximum atomic E-state index is 6.21. The molecular formula is C22H32N2O. The predicted molar refractivity (Wildman–Crippen MR) is 105 cm³/mol. The maximum Gasteiger partial charge on any atom is 0.143 e. The summed E-state index contributed by atoms with van der Waals surface area (Å²) in [6.45, 7) is 6.29. The van der Waals surface area contributed by atoms with Crippen LogP contribution < -0.4 is 10.5 Å². The molecule has 25 heavy (non-hydrogen) atoms. The number of likely N-dealkylation sites (N-methyl/N-ethyl adjacent to an activating group) is 1. The zero-order chi connectivity index (χ0) is 17.7. The van der Waals surface area contributed by atoms with Crippen LogP contribution >= 0.6 is 0 Å². The molecule has 3 heteroatoms. The lowest BCUT2D eigenvalue weighted by atomic mass is 9.85. The molecule has 1 aliphatic heterocycles. The van der Waals surface area contributed by atoms with Gasteiger partial charge in [-0.3, -0.25) is 4.90 Å². The fourth-order valence-electron chi connectivity index (χ4n) is 4.48. The average Bonchev–Trinajstić information content (AvgIpc) is 3.43. The summed E-state index contributed by atoms with van der Waals surface area (Å²) >= 11 is 0. The lowest BCUT2D eigenvalue weighted by molar-refractivity contribution is 0.160. The molecule has 2 fully saturated rings. The van der Waals surface area contributed by atoms with Crippen LogP contribution in [0.2, 0.25) is 0 Å². The molecule has 3 aliphatic rings. The highest BCUT2D eigenvalue weighted by Crippen LogP contribution is 2.47. The highest BCUT2D eigenvalue weighted by Gasteiger charge is 2.43. The topological polar surface area (TPSA) is 38.5 Å². The van der Waals surface area contributed by atoms with Crippen LogP contribution in [0.1, 0.15) is 57.1 Å². The van der Waals surface area contributed by atoms with E-state index < -0.39 is 0 Å². The van der Waals surface area contributed by atoms with Gasteiger partial charge in [-0.2, -0.15) is 0 Å². The molecule has 2 aliphatic carbocycles. The molecule has 1 heterocycles. The maximum absolute atomic E-state index is 6.21. The standard InChI is InChI=1S/C22H32N2O/c1-13(2)25-22-12-18(14(3)9-19(22)23)17-10-20(15-5-6-15)24(4)21(11-17)16-7-8-16/h9-10,12-13,15-16,20-21H,5-8,11,23H2,1-4H3/t20-,21+/m1/s1. The predicted octanol–water partition coefficient (Wildman–Crippen LogP) is 4.64. The molecule has 1 aromatic carbocycles. The van der Waals surface area contributed by atoms with Gasteiger partial charge in [-0.25, -0.2) is 0 Å². The van der Waals surface area contributed by atoms with Crippen molar-refractivity contribution in [2.24, 2.45) is 11.8 Å². The Morgan fingerprint density at radius 3 is 2.40 bits per heavy atom. The van der Waals surface area contributed by atoms with E-state index in [4.69, 9.17) is 10.5 Å². The van der Waals surface area contributed by atoms with Gasteiger partial charge in [0.2, 0.25) is 0 Å². The van der Waals surface area contributed by atoms with E-state index in [1.165, 1.54) is 42.4 Å². The SMILES string of the molecule is Cc1cc(N)c(OC(C)C)cc1C1=C[C@H](C2CC2)N(C)[C@H](C2CC2)C1. The van der Waals surface area contributed by atoms with E-state index >= 15 is 0 Å². The number of nitrogen functional groups attached to an aromatic ring is 1. The summed E-state index contributed by atoms with van der Waals surface area (Å²) in [6, 6.07) is 5.60. The number of hydrogen-bond donors (Lipinski definition) is 1. The van der Waals surface area contributed by atoms with Gasteiger partial charge < -0.3 is 10.5 Å². The Balaban J connectivity index is 1.70. The number of aryl methyl sites for hydroxylation is 1. The van der Waals surface area contributed by atoms with Crippen molar-refractivity contribution in [1.29, 1.82) is 0 Å². The molecule has 0 radical (unpaired) electrons. The molecule has 136 valence electrons. The van der Waals surface area contributed by atoms with Crippen molar-refractivity contribution in [3.8, 4) is 5.75 Å². The summed E-state index contributed by atoms with van der Waals surface area (Å²) in [7, 11) is 2.35. The first-order chi connectivity index (χ1) is 11.9. The molecule has 0 unspecified atom stereocenters. The molecule has 0 saturated heterocycles. The number of nitrogens with zero attached hydrogens (tertiary/aromatic N) is 1. The quantitative estimate of drug-likeness (QED) is 0.794. The van der Waals surface area contributed by atoms with Crippen molar-refractivity contribution in [1.82, 2.24) is 4.90 Å². The van der Waals surface area contributed by atoms with Gasteiger partial charge in [0.1, 0.15) is 5.75 Å². The van der Waals surface area contributed by atoms with Gasteiger partial charge in [-0.05, 0) is 101 Å². The minimum absolute atomic E-state index is 0.141. The van der Waals surface area contributed by atoms with Crippen LogP contribution in [-0.4, -0.2) is 30.1 Å². The Morgan fingerprint density at radius 1 is 1.12 bits per heavy atom. The van der Waals surface area contributed by atoms with E-state index in [-0.39, 0.29) is 6.10 Å². The van der Waals surface area contributed by atoms with Gasteiger partial charge in [-0.1, -0.05) is 6.08 Å². The minimum atomic E-state index is 0.141. The molecular weight excluding hydrogens is 308 g/mol. The number of anilines is 1. The normalized spacial score (nSPS) is 27.5. The molecule has 3 nitrogen and oxygen atoms in total. The van der Waals surface area contributed by atoms with Crippen molar-refractivity contribution in [3.05, 3.63) is 29.3 Å². The van der Waals surface area contributed by atoms with E-state index in [1.54, 1.807) is 0 Å². The zero-order valence-electron chi connectivity index (χ0n) is 16.1. The highest BCUT2D eigenvalue weighted by atomic mass is 16.5. The molecule has 1 aromatic rings. The van der Waals surface area contributed by atoms with Crippen LogP contribution in [0.4, 0.5) is 5.69 Å².